The van der Waals surface area contributed by atoms with Gasteiger partial charge < -0.3 is 0 Å². The van der Waals surface area contributed by atoms with Gasteiger partial charge >= 0.3 is 0 Å². The molecule has 5 aromatic rings. The molecule has 0 bridgehead atoms. The zero-order chi connectivity index (χ0) is 17.7. The Labute approximate surface area is 156 Å². The minimum absolute atomic E-state index is 1.21. The number of fused-ring (bicyclic) bond motifs is 3. The minimum Gasteiger partial charge on any atom is -0.295 e. The molecule has 0 aliphatic heterocycles. The van der Waals surface area contributed by atoms with Gasteiger partial charge in [-0.3, -0.25) is 4.57 Å². The van der Waals surface area contributed by atoms with E-state index < -0.39 is 0 Å². The van der Waals surface area contributed by atoms with Crippen molar-refractivity contribution in [1.29, 1.82) is 0 Å². The Kier molecular flexibility index (Phi) is 3.44. The molecule has 0 aliphatic carbocycles. The molecule has 0 radical (unpaired) electrons. The summed E-state index contributed by atoms with van der Waals surface area (Å²) in [5, 5.41) is 2.59. The van der Waals surface area contributed by atoms with Crippen LogP contribution in [0.3, 0.4) is 0 Å². The van der Waals surface area contributed by atoms with Crippen molar-refractivity contribution in [3.05, 3.63) is 84.4 Å². The van der Waals surface area contributed by atoms with Crippen molar-refractivity contribution in [1.82, 2.24) is 4.57 Å². The highest BCUT2D eigenvalue weighted by Gasteiger charge is 2.27. The highest BCUT2D eigenvalue weighted by molar-refractivity contribution is 7.21. The standard InChI is InChI=1S/C23H19N2S/c1-16-10-6-7-13-18(16)22-24(2)21-19-14-8-9-15-20(19)25(23(21)26-22)17-11-4-3-5-12-17/h3-15H,1-2H3/q+1. The number of aromatic nitrogens is 2. The lowest BCUT2D eigenvalue weighted by atomic mass is 10.1. The van der Waals surface area contributed by atoms with Crippen molar-refractivity contribution in [2.45, 2.75) is 6.92 Å². The molecule has 0 N–H and O–H groups in total. The van der Waals surface area contributed by atoms with Gasteiger partial charge in [0.05, 0.1) is 16.5 Å². The first-order chi connectivity index (χ1) is 12.8. The topological polar surface area (TPSA) is 8.81 Å². The second-order valence-electron chi connectivity index (χ2n) is 6.62. The van der Waals surface area contributed by atoms with E-state index in [1.807, 2.05) is 11.3 Å². The fourth-order valence-electron chi connectivity index (χ4n) is 3.76. The highest BCUT2D eigenvalue weighted by atomic mass is 32.1. The Morgan fingerprint density at radius 3 is 2.31 bits per heavy atom. The van der Waals surface area contributed by atoms with Crippen LogP contribution in [0, 0.1) is 6.92 Å². The van der Waals surface area contributed by atoms with E-state index in [-0.39, 0.29) is 0 Å². The van der Waals surface area contributed by atoms with Crippen LogP contribution in [0.4, 0.5) is 0 Å². The van der Waals surface area contributed by atoms with E-state index in [1.165, 1.54) is 43.1 Å². The third kappa shape index (κ3) is 2.14. The van der Waals surface area contributed by atoms with Crippen molar-refractivity contribution in [3.8, 4) is 16.3 Å². The average Bonchev–Trinajstić information content (AvgIpc) is 3.17. The maximum Gasteiger partial charge on any atom is 0.271 e. The molecule has 0 fully saturated rings. The van der Waals surface area contributed by atoms with Gasteiger partial charge in [-0.15, -0.1) is 0 Å². The molecule has 0 spiro atoms. The van der Waals surface area contributed by atoms with Crippen LogP contribution in [0.2, 0.25) is 0 Å². The summed E-state index contributed by atoms with van der Waals surface area (Å²) in [5.41, 5.74) is 6.37. The molecular weight excluding hydrogens is 336 g/mol. The fraction of sp³-hybridized carbons (Fsp3) is 0.0870. The monoisotopic (exact) mass is 355 g/mol. The minimum atomic E-state index is 1.21. The average molecular weight is 355 g/mol. The van der Waals surface area contributed by atoms with E-state index in [4.69, 9.17) is 0 Å². The van der Waals surface area contributed by atoms with Gasteiger partial charge in [0, 0.05) is 5.69 Å². The van der Waals surface area contributed by atoms with E-state index in [9.17, 15) is 0 Å². The van der Waals surface area contributed by atoms with Gasteiger partial charge in [-0.25, -0.2) is 0 Å². The summed E-state index contributed by atoms with van der Waals surface area (Å²) in [7, 11) is 2.18. The molecule has 26 heavy (non-hydrogen) atoms. The van der Waals surface area contributed by atoms with Gasteiger partial charge in [-0.1, -0.05) is 48.5 Å². The molecule has 2 nitrogen and oxygen atoms in total. The Hall–Kier alpha value is -2.91. The Morgan fingerprint density at radius 1 is 0.808 bits per heavy atom. The van der Waals surface area contributed by atoms with Gasteiger partial charge in [0.25, 0.3) is 10.5 Å². The quantitative estimate of drug-likeness (QED) is 0.362. The van der Waals surface area contributed by atoms with Gasteiger partial charge in [0.15, 0.2) is 4.83 Å². The molecule has 0 amide bonds. The van der Waals surface area contributed by atoms with Gasteiger partial charge in [0.2, 0.25) is 0 Å². The first-order valence-electron chi connectivity index (χ1n) is 8.79. The summed E-state index contributed by atoms with van der Waals surface area (Å²) >= 11 is 1.86. The number of hydrogen-bond acceptors (Lipinski definition) is 1. The third-order valence-corrected chi connectivity index (χ3v) is 6.29. The molecule has 0 saturated heterocycles. The van der Waals surface area contributed by atoms with E-state index in [0.29, 0.717) is 0 Å². The largest absolute Gasteiger partial charge is 0.295 e. The summed E-state index contributed by atoms with van der Waals surface area (Å²) in [6, 6.07) is 27.9. The zero-order valence-corrected chi connectivity index (χ0v) is 15.6. The van der Waals surface area contributed by atoms with Crippen LogP contribution in [-0.2, 0) is 7.05 Å². The van der Waals surface area contributed by atoms with Crippen molar-refractivity contribution < 1.29 is 4.57 Å². The van der Waals surface area contributed by atoms with Crippen LogP contribution in [0.15, 0.2) is 78.9 Å². The lowest BCUT2D eigenvalue weighted by molar-refractivity contribution is -0.628. The lowest BCUT2D eigenvalue weighted by Gasteiger charge is -2.05. The molecule has 0 atom stereocenters. The van der Waals surface area contributed by atoms with Gasteiger partial charge in [-0.05, 0) is 54.2 Å². The molecular formula is C23H19N2S+. The van der Waals surface area contributed by atoms with Crippen LogP contribution in [-0.4, -0.2) is 4.57 Å². The Morgan fingerprint density at radius 2 is 1.50 bits per heavy atom. The molecule has 0 aliphatic rings. The highest BCUT2D eigenvalue weighted by Crippen LogP contribution is 2.37. The SMILES string of the molecule is Cc1ccccc1-c1sc2c(c3ccccc3n2-c2ccccc2)[n+]1C. The number of rotatable bonds is 2. The second-order valence-corrected chi connectivity index (χ2v) is 7.60. The summed E-state index contributed by atoms with van der Waals surface area (Å²) in [6.45, 7) is 2.18. The van der Waals surface area contributed by atoms with Crippen LogP contribution in [0.25, 0.3) is 37.5 Å². The van der Waals surface area contributed by atoms with Crippen molar-refractivity contribution in [2.24, 2.45) is 7.05 Å². The first kappa shape index (κ1) is 15.4. The van der Waals surface area contributed by atoms with Crippen LogP contribution >= 0.6 is 11.3 Å². The number of hydrogen-bond donors (Lipinski definition) is 0. The Bertz CT molecular complexity index is 1250. The summed E-state index contributed by atoms with van der Waals surface area (Å²) in [6.07, 6.45) is 0. The van der Waals surface area contributed by atoms with Crippen LogP contribution in [0.1, 0.15) is 5.56 Å². The number of para-hydroxylation sites is 2. The molecule has 0 saturated carbocycles. The smallest absolute Gasteiger partial charge is 0.271 e. The lowest BCUT2D eigenvalue weighted by Crippen LogP contribution is -2.28. The number of aryl methyl sites for hydroxylation is 2. The number of thiazole rings is 1. The second kappa shape index (κ2) is 5.82. The van der Waals surface area contributed by atoms with Gasteiger partial charge in [-0.2, -0.15) is 4.57 Å². The summed E-state index contributed by atoms with van der Waals surface area (Å²) in [4.78, 5) is 1.29. The fourth-order valence-corrected chi connectivity index (χ4v) is 5.15. The number of nitrogens with zero attached hydrogens (tertiary/aromatic N) is 2. The molecule has 2 aromatic heterocycles. The molecule has 126 valence electrons. The predicted molar refractivity (Wildman–Crippen MR) is 110 cm³/mol. The molecule has 2 heterocycles. The van der Waals surface area contributed by atoms with Crippen molar-refractivity contribution in [2.75, 3.05) is 0 Å². The van der Waals surface area contributed by atoms with E-state index in [2.05, 4.69) is 102 Å². The third-order valence-electron chi connectivity index (χ3n) is 5.03. The molecule has 0 unspecified atom stereocenters. The first-order valence-corrected chi connectivity index (χ1v) is 9.61. The van der Waals surface area contributed by atoms with Crippen molar-refractivity contribution >= 4 is 32.6 Å². The van der Waals surface area contributed by atoms with E-state index in [1.54, 1.807) is 0 Å². The van der Waals surface area contributed by atoms with Crippen molar-refractivity contribution in [3.63, 3.8) is 0 Å². The normalized spacial score (nSPS) is 11.5. The molecule has 3 aromatic carbocycles. The maximum atomic E-state index is 2.39. The van der Waals surface area contributed by atoms with E-state index >= 15 is 0 Å². The predicted octanol–water partition coefficient (Wildman–Crippen LogP) is 5.65. The van der Waals surface area contributed by atoms with Crippen LogP contribution < -0.4 is 4.57 Å². The molecule has 5 rings (SSSR count). The van der Waals surface area contributed by atoms with Crippen LogP contribution in [0.5, 0.6) is 0 Å². The maximum absolute atomic E-state index is 2.39. The van der Waals surface area contributed by atoms with Gasteiger partial charge in [0.1, 0.15) is 7.05 Å². The zero-order valence-electron chi connectivity index (χ0n) is 14.8. The number of benzene rings is 3. The molecule has 3 heteroatoms. The van der Waals surface area contributed by atoms with E-state index in [0.717, 1.165) is 0 Å². The summed E-state index contributed by atoms with van der Waals surface area (Å²) < 4.78 is 4.74. The summed E-state index contributed by atoms with van der Waals surface area (Å²) in [5.74, 6) is 0. The Balaban J connectivity index is 1.92.